The van der Waals surface area contributed by atoms with E-state index in [2.05, 4.69) is 11.9 Å². The first-order valence-electron chi connectivity index (χ1n) is 10.9. The van der Waals surface area contributed by atoms with Gasteiger partial charge < -0.3 is 9.64 Å². The number of fused-ring (bicyclic) bond motifs is 1. The Balaban J connectivity index is 1.61. The summed E-state index contributed by atoms with van der Waals surface area (Å²) in [7, 11) is -3.11. The molecular weight excluding hydrogens is 444 g/mol. The maximum Gasteiger partial charge on any atom is 0.252 e. The minimum absolute atomic E-state index is 0.0661. The molecule has 8 heteroatoms. The van der Waals surface area contributed by atoms with Gasteiger partial charge in [-0.15, -0.1) is 0 Å². The van der Waals surface area contributed by atoms with Gasteiger partial charge in [0.15, 0.2) is 15.0 Å². The van der Waals surface area contributed by atoms with E-state index in [1.54, 1.807) is 0 Å². The average molecular weight is 473 g/mol. The highest BCUT2D eigenvalue weighted by atomic mass is 32.2. The molecule has 0 N–H and O–H groups in total. The first kappa shape index (κ1) is 22.9. The summed E-state index contributed by atoms with van der Waals surface area (Å²) in [6.07, 6.45) is 2.23. The number of sulfone groups is 1. The molecule has 2 saturated heterocycles. The van der Waals surface area contributed by atoms with Crippen molar-refractivity contribution in [3.8, 4) is 5.75 Å². The number of aliphatic imine (C=N–C) groups is 1. The number of hydrogen-bond acceptors (Lipinski definition) is 5. The highest BCUT2D eigenvalue weighted by Crippen LogP contribution is 2.41. The van der Waals surface area contributed by atoms with Crippen LogP contribution in [0, 0.1) is 6.92 Å². The highest BCUT2D eigenvalue weighted by Gasteiger charge is 2.49. The number of carbonyl (C=O) groups is 1. The summed E-state index contributed by atoms with van der Waals surface area (Å²) >= 11 is 1.39. The highest BCUT2D eigenvalue weighted by molar-refractivity contribution is 8.16. The van der Waals surface area contributed by atoms with E-state index in [9.17, 15) is 13.2 Å². The van der Waals surface area contributed by atoms with Crippen LogP contribution in [0.1, 0.15) is 30.9 Å². The van der Waals surface area contributed by atoms with Crippen molar-refractivity contribution in [2.45, 2.75) is 44.4 Å². The zero-order valence-corrected chi connectivity index (χ0v) is 20.0. The smallest absolute Gasteiger partial charge is 0.252 e. The van der Waals surface area contributed by atoms with Crippen molar-refractivity contribution >= 4 is 38.4 Å². The number of unbranched alkanes of at least 4 members (excludes halogenated alkanes) is 1. The number of carbonyl (C=O) groups excluding carboxylic acids is 1. The second-order valence-corrected chi connectivity index (χ2v) is 11.7. The number of amidine groups is 1. The normalized spacial score (nSPS) is 22.8. The SMILES string of the molecule is CCCCOc1cccc(N2C(=NC(=O)Cc3cccc(C)c3)S[C@@H]3CS(=O)(=O)C[C@@H]32)c1. The average Bonchev–Trinajstić information content (AvgIpc) is 3.19. The van der Waals surface area contributed by atoms with Crippen LogP contribution in [-0.2, 0) is 21.1 Å². The molecule has 2 aromatic rings. The molecule has 6 nitrogen and oxygen atoms in total. The Kier molecular flexibility index (Phi) is 6.90. The first-order valence-corrected chi connectivity index (χ1v) is 13.6. The van der Waals surface area contributed by atoms with Crippen molar-refractivity contribution < 1.29 is 17.9 Å². The fourth-order valence-electron chi connectivity index (χ4n) is 4.07. The van der Waals surface area contributed by atoms with E-state index in [1.807, 2.05) is 60.4 Å². The standard InChI is InChI=1S/C24H28N2O4S2/c1-3-4-11-30-20-10-6-9-19(14-20)26-21-15-32(28,29)16-22(21)31-24(26)25-23(27)13-18-8-5-7-17(2)12-18/h5-10,12,14,21-22H,3-4,11,13,15-16H2,1-2H3/t21-,22+/m0/s1. The van der Waals surface area contributed by atoms with Crippen molar-refractivity contribution in [1.82, 2.24) is 0 Å². The lowest BCUT2D eigenvalue weighted by atomic mass is 10.1. The predicted octanol–water partition coefficient (Wildman–Crippen LogP) is 4.02. The van der Waals surface area contributed by atoms with Gasteiger partial charge >= 0.3 is 0 Å². The van der Waals surface area contributed by atoms with Crippen molar-refractivity contribution in [1.29, 1.82) is 0 Å². The minimum Gasteiger partial charge on any atom is -0.494 e. The molecular formula is C24H28N2O4S2. The van der Waals surface area contributed by atoms with E-state index in [0.29, 0.717) is 11.8 Å². The monoisotopic (exact) mass is 472 g/mol. The molecule has 2 aliphatic heterocycles. The van der Waals surface area contributed by atoms with Crippen LogP contribution in [0.3, 0.4) is 0 Å². The third-order valence-electron chi connectivity index (χ3n) is 5.59. The number of nitrogens with zero attached hydrogens (tertiary/aromatic N) is 2. The minimum atomic E-state index is -3.11. The summed E-state index contributed by atoms with van der Waals surface area (Å²) in [5, 5.41) is 0.438. The maximum atomic E-state index is 12.8. The van der Waals surface area contributed by atoms with Crippen molar-refractivity contribution in [3.63, 3.8) is 0 Å². The third-order valence-corrected chi connectivity index (χ3v) is 8.80. The molecule has 0 bridgehead atoms. The van der Waals surface area contributed by atoms with Gasteiger partial charge in [-0.25, -0.2) is 8.42 Å². The van der Waals surface area contributed by atoms with E-state index in [0.717, 1.165) is 35.4 Å². The molecule has 2 aromatic carbocycles. The molecule has 0 spiro atoms. The molecule has 2 atom stereocenters. The number of thioether (sulfide) groups is 1. The first-order chi connectivity index (χ1) is 15.3. The third kappa shape index (κ3) is 5.35. The Labute approximate surface area is 194 Å². The van der Waals surface area contributed by atoms with Crippen molar-refractivity contribution in [2.24, 2.45) is 4.99 Å². The molecule has 0 aliphatic carbocycles. The zero-order chi connectivity index (χ0) is 22.7. The van der Waals surface area contributed by atoms with Crippen LogP contribution < -0.4 is 9.64 Å². The van der Waals surface area contributed by atoms with E-state index in [-0.39, 0.29) is 35.1 Å². The van der Waals surface area contributed by atoms with Crippen molar-refractivity contribution in [3.05, 3.63) is 59.7 Å². The second kappa shape index (κ2) is 9.67. The molecule has 2 heterocycles. The predicted molar refractivity (Wildman–Crippen MR) is 130 cm³/mol. The van der Waals surface area contributed by atoms with Gasteiger partial charge in [-0.05, 0) is 31.0 Å². The molecule has 0 unspecified atom stereocenters. The lowest BCUT2D eigenvalue weighted by molar-refractivity contribution is -0.117. The van der Waals surface area contributed by atoms with Gasteiger partial charge in [-0.2, -0.15) is 4.99 Å². The topological polar surface area (TPSA) is 76.0 Å². The fraction of sp³-hybridized carbons (Fsp3) is 0.417. The number of aryl methyl sites for hydroxylation is 1. The fourth-order valence-corrected chi connectivity index (χ4v) is 8.00. The summed E-state index contributed by atoms with van der Waals surface area (Å²) < 4.78 is 30.4. The van der Waals surface area contributed by atoms with Gasteiger partial charge in [0.1, 0.15) is 5.75 Å². The Morgan fingerprint density at radius 3 is 2.78 bits per heavy atom. The van der Waals surface area contributed by atoms with Crippen LogP contribution in [-0.4, -0.2) is 48.9 Å². The Morgan fingerprint density at radius 2 is 2.00 bits per heavy atom. The van der Waals surface area contributed by atoms with Gasteiger partial charge in [0.25, 0.3) is 5.91 Å². The number of rotatable bonds is 7. The number of anilines is 1. The second-order valence-electron chi connectivity index (χ2n) is 8.32. The number of benzene rings is 2. The lowest BCUT2D eigenvalue weighted by Gasteiger charge is -2.25. The van der Waals surface area contributed by atoms with Crippen LogP contribution in [0.4, 0.5) is 5.69 Å². The lowest BCUT2D eigenvalue weighted by Crippen LogP contribution is -2.37. The van der Waals surface area contributed by atoms with Gasteiger partial charge in [-0.3, -0.25) is 4.79 Å². The van der Waals surface area contributed by atoms with Crippen LogP contribution in [0.15, 0.2) is 53.5 Å². The van der Waals surface area contributed by atoms with Gasteiger partial charge in [-0.1, -0.05) is 61.0 Å². The summed E-state index contributed by atoms with van der Waals surface area (Å²) in [6, 6.07) is 15.2. The quantitative estimate of drug-likeness (QED) is 0.567. The number of amides is 1. The Morgan fingerprint density at radius 1 is 1.19 bits per heavy atom. The van der Waals surface area contributed by atoms with Gasteiger partial charge in [0, 0.05) is 17.0 Å². The summed E-state index contributed by atoms with van der Waals surface area (Å²) in [5.41, 5.74) is 2.82. The van der Waals surface area contributed by atoms with Crippen LogP contribution >= 0.6 is 11.8 Å². The molecule has 2 fully saturated rings. The van der Waals surface area contributed by atoms with E-state index in [1.165, 1.54) is 11.8 Å². The molecule has 170 valence electrons. The zero-order valence-electron chi connectivity index (χ0n) is 18.4. The van der Waals surface area contributed by atoms with Crippen molar-refractivity contribution in [2.75, 3.05) is 23.0 Å². The van der Waals surface area contributed by atoms with Gasteiger partial charge in [0.2, 0.25) is 0 Å². The van der Waals surface area contributed by atoms with Gasteiger partial charge in [0.05, 0.1) is 30.6 Å². The molecule has 1 amide bonds. The molecule has 0 saturated carbocycles. The molecule has 0 radical (unpaired) electrons. The van der Waals surface area contributed by atoms with Crippen LogP contribution in [0.5, 0.6) is 5.75 Å². The molecule has 2 aliphatic rings. The Bertz CT molecular complexity index is 1130. The maximum absolute atomic E-state index is 12.8. The number of hydrogen-bond donors (Lipinski definition) is 0. The van der Waals surface area contributed by atoms with E-state index >= 15 is 0 Å². The summed E-state index contributed by atoms with van der Waals surface area (Å²) in [5.74, 6) is 0.671. The summed E-state index contributed by atoms with van der Waals surface area (Å²) in [4.78, 5) is 19.1. The molecule has 4 rings (SSSR count). The van der Waals surface area contributed by atoms with Crippen LogP contribution in [0.25, 0.3) is 0 Å². The molecule has 32 heavy (non-hydrogen) atoms. The Hall–Kier alpha value is -2.32. The van der Waals surface area contributed by atoms with Crippen LogP contribution in [0.2, 0.25) is 0 Å². The largest absolute Gasteiger partial charge is 0.494 e. The number of ether oxygens (including phenoxy) is 1. The molecule has 0 aromatic heterocycles. The van der Waals surface area contributed by atoms with E-state index in [4.69, 9.17) is 4.74 Å². The summed E-state index contributed by atoms with van der Waals surface area (Å²) in [6.45, 7) is 4.73. The van der Waals surface area contributed by atoms with E-state index < -0.39 is 9.84 Å².